The van der Waals surface area contributed by atoms with E-state index in [1.807, 2.05) is 37.3 Å². The molecule has 24 heavy (non-hydrogen) atoms. The topological polar surface area (TPSA) is 50.4 Å². The van der Waals surface area contributed by atoms with Gasteiger partial charge in [-0.1, -0.05) is 35.9 Å². The second kappa shape index (κ2) is 7.58. The van der Waals surface area contributed by atoms with Crippen LogP contribution in [0.1, 0.15) is 29.7 Å². The van der Waals surface area contributed by atoms with E-state index in [9.17, 15) is 4.79 Å². The summed E-state index contributed by atoms with van der Waals surface area (Å²) in [5.41, 5.74) is 3.49. The average Bonchev–Trinajstić information content (AvgIpc) is 3.03. The molecule has 0 spiro atoms. The molecule has 2 aromatic rings. The molecule has 4 nitrogen and oxygen atoms in total. The second-order valence-electron chi connectivity index (χ2n) is 5.96. The SMILES string of the molecule is CC(NC(=O)NCCc1ccc2c(c1)CCO2)c1ccc(Cl)cc1. The molecule has 126 valence electrons. The number of urea groups is 1. The van der Waals surface area contributed by atoms with E-state index < -0.39 is 0 Å². The van der Waals surface area contributed by atoms with E-state index in [2.05, 4.69) is 22.8 Å². The summed E-state index contributed by atoms with van der Waals surface area (Å²) in [6, 6.07) is 13.5. The summed E-state index contributed by atoms with van der Waals surface area (Å²) in [7, 11) is 0. The number of nitrogens with one attached hydrogen (secondary N) is 2. The van der Waals surface area contributed by atoms with Gasteiger partial charge in [-0.05, 0) is 48.2 Å². The van der Waals surface area contributed by atoms with Crippen molar-refractivity contribution in [3.8, 4) is 5.75 Å². The minimum atomic E-state index is -0.165. The summed E-state index contributed by atoms with van der Waals surface area (Å²) < 4.78 is 5.50. The number of rotatable bonds is 5. The number of benzene rings is 2. The van der Waals surface area contributed by atoms with Gasteiger partial charge in [0.05, 0.1) is 12.6 Å². The smallest absolute Gasteiger partial charge is 0.315 e. The molecule has 5 heteroatoms. The van der Waals surface area contributed by atoms with E-state index in [0.717, 1.165) is 30.8 Å². The summed E-state index contributed by atoms with van der Waals surface area (Å²) in [4.78, 5) is 12.0. The Hall–Kier alpha value is -2.20. The van der Waals surface area contributed by atoms with Crippen LogP contribution in [0.15, 0.2) is 42.5 Å². The number of amides is 2. The minimum Gasteiger partial charge on any atom is -0.493 e. The average molecular weight is 345 g/mol. The molecule has 0 fully saturated rings. The van der Waals surface area contributed by atoms with Gasteiger partial charge in [0.2, 0.25) is 0 Å². The highest BCUT2D eigenvalue weighted by molar-refractivity contribution is 6.30. The van der Waals surface area contributed by atoms with Crippen LogP contribution in [0.4, 0.5) is 4.79 Å². The Balaban J connectivity index is 1.44. The van der Waals surface area contributed by atoms with Crippen molar-refractivity contribution in [3.63, 3.8) is 0 Å². The van der Waals surface area contributed by atoms with Gasteiger partial charge in [-0.25, -0.2) is 4.79 Å². The number of ether oxygens (including phenoxy) is 1. The van der Waals surface area contributed by atoms with Gasteiger partial charge in [0.1, 0.15) is 5.75 Å². The molecule has 1 unspecified atom stereocenters. The Kier molecular flexibility index (Phi) is 5.26. The molecule has 2 N–H and O–H groups in total. The third-order valence-corrected chi connectivity index (χ3v) is 4.42. The van der Waals surface area contributed by atoms with E-state index >= 15 is 0 Å². The molecule has 1 heterocycles. The van der Waals surface area contributed by atoms with Gasteiger partial charge in [0.25, 0.3) is 0 Å². The van der Waals surface area contributed by atoms with Crippen molar-refractivity contribution in [2.45, 2.75) is 25.8 Å². The first-order valence-electron chi connectivity index (χ1n) is 8.16. The van der Waals surface area contributed by atoms with Gasteiger partial charge in [-0.2, -0.15) is 0 Å². The Labute approximate surface area is 147 Å². The van der Waals surface area contributed by atoms with Crippen molar-refractivity contribution < 1.29 is 9.53 Å². The molecular weight excluding hydrogens is 324 g/mol. The summed E-state index contributed by atoms with van der Waals surface area (Å²) in [6.07, 6.45) is 1.77. The predicted octanol–water partition coefficient (Wildman–Crippen LogP) is 3.88. The molecule has 0 aliphatic carbocycles. The molecule has 0 bridgehead atoms. The van der Waals surface area contributed by atoms with Crippen LogP contribution < -0.4 is 15.4 Å². The summed E-state index contributed by atoms with van der Waals surface area (Å²) in [6.45, 7) is 3.31. The summed E-state index contributed by atoms with van der Waals surface area (Å²) in [5.74, 6) is 0.987. The second-order valence-corrected chi connectivity index (χ2v) is 6.40. The fourth-order valence-corrected chi connectivity index (χ4v) is 2.92. The summed E-state index contributed by atoms with van der Waals surface area (Å²) >= 11 is 5.88. The van der Waals surface area contributed by atoms with E-state index in [4.69, 9.17) is 16.3 Å². The Morgan fingerprint density at radius 2 is 2.04 bits per heavy atom. The minimum absolute atomic E-state index is 0.0700. The number of carbonyl (C=O) groups excluding carboxylic acids is 1. The Morgan fingerprint density at radius 1 is 1.25 bits per heavy atom. The van der Waals surface area contributed by atoms with Crippen LogP contribution in [-0.4, -0.2) is 19.2 Å². The quantitative estimate of drug-likeness (QED) is 0.864. The Morgan fingerprint density at radius 3 is 2.83 bits per heavy atom. The lowest BCUT2D eigenvalue weighted by atomic mass is 10.1. The molecule has 1 atom stereocenters. The van der Waals surface area contributed by atoms with Crippen LogP contribution in [0.2, 0.25) is 5.02 Å². The number of carbonyl (C=O) groups is 1. The fraction of sp³-hybridized carbons (Fsp3) is 0.316. The van der Waals surface area contributed by atoms with E-state index in [0.29, 0.717) is 11.6 Å². The van der Waals surface area contributed by atoms with Crippen molar-refractivity contribution in [1.29, 1.82) is 0 Å². The van der Waals surface area contributed by atoms with Crippen molar-refractivity contribution in [2.75, 3.05) is 13.2 Å². The first-order chi connectivity index (χ1) is 11.6. The molecule has 2 aromatic carbocycles. The molecular formula is C19H21ClN2O2. The first kappa shape index (κ1) is 16.7. The maximum Gasteiger partial charge on any atom is 0.315 e. The van der Waals surface area contributed by atoms with Gasteiger partial charge in [0, 0.05) is 18.0 Å². The number of hydrogen-bond donors (Lipinski definition) is 2. The predicted molar refractivity (Wildman–Crippen MR) is 95.7 cm³/mol. The van der Waals surface area contributed by atoms with Crippen molar-refractivity contribution in [1.82, 2.24) is 10.6 Å². The normalized spacial score (nSPS) is 13.8. The standard InChI is InChI=1S/C19H21ClN2O2/c1-13(15-3-5-17(20)6-4-15)22-19(23)21-10-8-14-2-7-18-16(12-14)9-11-24-18/h2-7,12-13H,8-11H2,1H3,(H2,21,22,23). The lowest BCUT2D eigenvalue weighted by Crippen LogP contribution is -2.38. The van der Waals surface area contributed by atoms with E-state index in [-0.39, 0.29) is 12.1 Å². The van der Waals surface area contributed by atoms with Crippen LogP contribution in [-0.2, 0) is 12.8 Å². The number of hydrogen-bond acceptors (Lipinski definition) is 2. The maximum atomic E-state index is 12.0. The fourth-order valence-electron chi connectivity index (χ4n) is 2.80. The largest absolute Gasteiger partial charge is 0.493 e. The van der Waals surface area contributed by atoms with Gasteiger partial charge < -0.3 is 15.4 Å². The van der Waals surface area contributed by atoms with E-state index in [1.54, 1.807) is 0 Å². The molecule has 0 saturated heterocycles. The number of halogens is 1. The summed E-state index contributed by atoms with van der Waals surface area (Å²) in [5, 5.41) is 6.52. The van der Waals surface area contributed by atoms with Gasteiger partial charge in [-0.3, -0.25) is 0 Å². The molecule has 0 radical (unpaired) electrons. The zero-order valence-electron chi connectivity index (χ0n) is 13.6. The van der Waals surface area contributed by atoms with Crippen molar-refractivity contribution in [3.05, 3.63) is 64.2 Å². The third kappa shape index (κ3) is 4.20. The van der Waals surface area contributed by atoms with Crippen LogP contribution in [0.25, 0.3) is 0 Å². The van der Waals surface area contributed by atoms with E-state index in [1.165, 1.54) is 11.1 Å². The third-order valence-electron chi connectivity index (χ3n) is 4.17. The monoisotopic (exact) mass is 344 g/mol. The van der Waals surface area contributed by atoms with Crippen molar-refractivity contribution in [2.24, 2.45) is 0 Å². The maximum absolute atomic E-state index is 12.0. The Bertz CT molecular complexity index is 716. The molecule has 1 aliphatic rings. The molecule has 1 aliphatic heterocycles. The zero-order valence-corrected chi connectivity index (χ0v) is 14.4. The number of fused-ring (bicyclic) bond motifs is 1. The highest BCUT2D eigenvalue weighted by atomic mass is 35.5. The lowest BCUT2D eigenvalue weighted by molar-refractivity contribution is 0.238. The molecule has 2 amide bonds. The highest BCUT2D eigenvalue weighted by Crippen LogP contribution is 2.25. The van der Waals surface area contributed by atoms with Gasteiger partial charge >= 0.3 is 6.03 Å². The highest BCUT2D eigenvalue weighted by Gasteiger charge is 2.12. The van der Waals surface area contributed by atoms with Crippen molar-refractivity contribution >= 4 is 17.6 Å². The first-order valence-corrected chi connectivity index (χ1v) is 8.54. The zero-order chi connectivity index (χ0) is 16.9. The molecule has 0 aromatic heterocycles. The molecule has 0 saturated carbocycles. The molecule has 3 rings (SSSR count). The van der Waals surface area contributed by atoms with Crippen LogP contribution in [0.3, 0.4) is 0 Å². The van der Waals surface area contributed by atoms with Gasteiger partial charge in [0.15, 0.2) is 0 Å². The lowest BCUT2D eigenvalue weighted by Gasteiger charge is -2.15. The van der Waals surface area contributed by atoms with Crippen LogP contribution >= 0.6 is 11.6 Å². The van der Waals surface area contributed by atoms with Crippen LogP contribution in [0.5, 0.6) is 5.75 Å². The van der Waals surface area contributed by atoms with Crippen LogP contribution in [0, 0.1) is 0 Å². The van der Waals surface area contributed by atoms with Gasteiger partial charge in [-0.15, -0.1) is 0 Å².